The van der Waals surface area contributed by atoms with E-state index in [1.165, 1.54) is 0 Å². The van der Waals surface area contributed by atoms with Crippen LogP contribution in [0.5, 0.6) is 0 Å². The summed E-state index contributed by atoms with van der Waals surface area (Å²) in [5, 5.41) is 0. The molecule has 1 fully saturated rings. The van der Waals surface area contributed by atoms with Crippen LogP contribution in [0.2, 0.25) is 0 Å². The maximum absolute atomic E-state index is 13.0. The number of carbonyl (C=O) groups is 1. The lowest BCUT2D eigenvalue weighted by Gasteiger charge is -2.33. The molecule has 1 aliphatic rings. The third-order valence-electron chi connectivity index (χ3n) is 3.59. The number of hydrogen-bond donors (Lipinski definition) is 0. The van der Waals surface area contributed by atoms with Crippen LogP contribution in [0.1, 0.15) is 32.3 Å². The zero-order valence-electron chi connectivity index (χ0n) is 13.5. The molecule has 126 valence electrons. The van der Waals surface area contributed by atoms with Gasteiger partial charge < -0.3 is 13.8 Å². The molecule has 0 aromatic heterocycles. The van der Waals surface area contributed by atoms with Crippen LogP contribution >= 0.6 is 7.60 Å². The largest absolute Gasteiger partial charge is 0.457 e. The Bertz CT molecular complexity index is 574. The van der Waals surface area contributed by atoms with E-state index in [9.17, 15) is 9.36 Å². The molecule has 5 nitrogen and oxygen atoms in total. The van der Waals surface area contributed by atoms with Gasteiger partial charge in [-0.2, -0.15) is 0 Å². The SMILES string of the molecule is CCOP(=O)(OCC)[C@@H]1CCC(=O)O[C@H]1/C=C/c1ccccc1. The van der Waals surface area contributed by atoms with Crippen molar-refractivity contribution in [2.45, 2.75) is 38.5 Å². The normalized spacial score (nSPS) is 22.3. The molecule has 0 N–H and O–H groups in total. The van der Waals surface area contributed by atoms with Gasteiger partial charge in [0, 0.05) is 6.42 Å². The minimum absolute atomic E-state index is 0.227. The average Bonchev–Trinajstić information content (AvgIpc) is 2.54. The third kappa shape index (κ3) is 4.77. The maximum Gasteiger partial charge on any atom is 0.337 e. The van der Waals surface area contributed by atoms with E-state index >= 15 is 0 Å². The molecule has 1 aliphatic heterocycles. The highest BCUT2D eigenvalue weighted by atomic mass is 31.2. The predicted octanol–water partition coefficient (Wildman–Crippen LogP) is 4.04. The zero-order chi connectivity index (χ0) is 16.7. The maximum atomic E-state index is 13.0. The Kier molecular flexibility index (Phi) is 6.58. The molecule has 6 heteroatoms. The fourth-order valence-corrected chi connectivity index (χ4v) is 4.73. The van der Waals surface area contributed by atoms with Crippen molar-refractivity contribution in [3.63, 3.8) is 0 Å². The average molecular weight is 338 g/mol. The molecule has 1 saturated heterocycles. The second kappa shape index (κ2) is 8.44. The second-order valence-electron chi connectivity index (χ2n) is 5.21. The van der Waals surface area contributed by atoms with Gasteiger partial charge in [0.05, 0.1) is 13.2 Å². The van der Waals surface area contributed by atoms with Crippen LogP contribution < -0.4 is 0 Å². The molecule has 23 heavy (non-hydrogen) atoms. The van der Waals surface area contributed by atoms with Crippen LogP contribution in [-0.2, 0) is 23.1 Å². The van der Waals surface area contributed by atoms with Crippen molar-refractivity contribution in [3.05, 3.63) is 42.0 Å². The highest BCUT2D eigenvalue weighted by Crippen LogP contribution is 2.57. The Labute approximate surface area is 137 Å². The van der Waals surface area contributed by atoms with Gasteiger partial charge >= 0.3 is 13.6 Å². The van der Waals surface area contributed by atoms with Crippen LogP contribution in [-0.4, -0.2) is 30.9 Å². The van der Waals surface area contributed by atoms with Gasteiger partial charge in [-0.05, 0) is 31.9 Å². The molecule has 2 rings (SSSR count). The van der Waals surface area contributed by atoms with E-state index < -0.39 is 19.4 Å². The molecule has 1 aromatic rings. The number of cyclic esters (lactones) is 1. The topological polar surface area (TPSA) is 61.8 Å². The second-order valence-corrected chi connectivity index (χ2v) is 7.47. The van der Waals surface area contributed by atoms with Gasteiger partial charge in [-0.15, -0.1) is 0 Å². The van der Waals surface area contributed by atoms with Crippen molar-refractivity contribution in [2.24, 2.45) is 0 Å². The minimum Gasteiger partial charge on any atom is -0.457 e. The molecule has 2 atom stereocenters. The summed E-state index contributed by atoms with van der Waals surface area (Å²) in [6, 6.07) is 9.67. The lowest BCUT2D eigenvalue weighted by molar-refractivity contribution is -0.150. The molecular formula is C17H23O5P. The Morgan fingerprint density at radius 2 is 1.87 bits per heavy atom. The first kappa shape index (κ1) is 17.9. The molecule has 0 unspecified atom stereocenters. The van der Waals surface area contributed by atoms with Crippen molar-refractivity contribution in [2.75, 3.05) is 13.2 Å². The monoisotopic (exact) mass is 338 g/mol. The van der Waals surface area contributed by atoms with Crippen LogP contribution in [0.3, 0.4) is 0 Å². The first-order valence-corrected chi connectivity index (χ1v) is 9.51. The molecule has 1 aromatic carbocycles. The van der Waals surface area contributed by atoms with Gasteiger partial charge in [-0.25, -0.2) is 0 Å². The highest BCUT2D eigenvalue weighted by molar-refractivity contribution is 7.54. The summed E-state index contributed by atoms with van der Waals surface area (Å²) in [6.45, 7) is 4.12. The number of rotatable bonds is 7. The van der Waals surface area contributed by atoms with Gasteiger partial charge in [0.2, 0.25) is 0 Å². The summed E-state index contributed by atoms with van der Waals surface area (Å²) in [7, 11) is -3.33. The summed E-state index contributed by atoms with van der Waals surface area (Å²) in [5.74, 6) is -0.288. The van der Waals surface area contributed by atoms with E-state index in [1.54, 1.807) is 19.9 Å². The number of carbonyl (C=O) groups excluding carboxylic acids is 1. The smallest absolute Gasteiger partial charge is 0.337 e. The summed E-state index contributed by atoms with van der Waals surface area (Å²) >= 11 is 0. The Hall–Kier alpha value is -1.42. The first-order chi connectivity index (χ1) is 11.1. The van der Waals surface area contributed by atoms with Crippen molar-refractivity contribution >= 4 is 19.6 Å². The Morgan fingerprint density at radius 3 is 2.48 bits per heavy atom. The van der Waals surface area contributed by atoms with Gasteiger partial charge in [-0.1, -0.05) is 36.4 Å². The number of hydrogen-bond acceptors (Lipinski definition) is 5. The van der Waals surface area contributed by atoms with Gasteiger partial charge in [0.15, 0.2) is 0 Å². The number of esters is 1. The Morgan fingerprint density at radius 1 is 1.22 bits per heavy atom. The molecular weight excluding hydrogens is 315 g/mol. The van der Waals surface area contributed by atoms with E-state index in [-0.39, 0.29) is 25.6 Å². The van der Waals surface area contributed by atoms with Crippen LogP contribution in [0.4, 0.5) is 0 Å². The molecule has 0 saturated carbocycles. The van der Waals surface area contributed by atoms with Gasteiger partial charge in [-0.3, -0.25) is 9.36 Å². The molecule has 0 amide bonds. The van der Waals surface area contributed by atoms with E-state index in [0.717, 1.165) is 5.56 Å². The zero-order valence-corrected chi connectivity index (χ0v) is 14.4. The molecule has 0 spiro atoms. The standard InChI is InChI=1S/C17H23O5P/c1-3-20-23(19,21-4-2)16-12-13-17(18)22-15(16)11-10-14-8-6-5-7-9-14/h5-11,15-16H,3-4,12-13H2,1-2H3/b11-10+/t15-,16+/m0/s1. The first-order valence-electron chi connectivity index (χ1n) is 7.90. The number of benzene rings is 1. The quantitative estimate of drug-likeness (QED) is 0.555. The minimum atomic E-state index is -3.33. The van der Waals surface area contributed by atoms with Crippen LogP contribution in [0.25, 0.3) is 6.08 Å². The van der Waals surface area contributed by atoms with Crippen molar-refractivity contribution < 1.29 is 23.1 Å². The van der Waals surface area contributed by atoms with Gasteiger partial charge in [0.1, 0.15) is 11.8 Å². The van der Waals surface area contributed by atoms with Crippen molar-refractivity contribution in [1.82, 2.24) is 0 Å². The molecule has 1 heterocycles. The van der Waals surface area contributed by atoms with E-state index in [4.69, 9.17) is 13.8 Å². The summed E-state index contributed by atoms with van der Waals surface area (Å²) in [6.07, 6.45) is 3.67. The summed E-state index contributed by atoms with van der Waals surface area (Å²) in [5.41, 5.74) is 0.510. The van der Waals surface area contributed by atoms with E-state index in [2.05, 4.69) is 0 Å². The van der Waals surface area contributed by atoms with Crippen molar-refractivity contribution in [3.8, 4) is 0 Å². The molecule has 0 aliphatic carbocycles. The highest BCUT2D eigenvalue weighted by Gasteiger charge is 2.44. The van der Waals surface area contributed by atoms with Crippen molar-refractivity contribution in [1.29, 1.82) is 0 Å². The lowest BCUT2D eigenvalue weighted by Crippen LogP contribution is -2.36. The van der Waals surface area contributed by atoms with Crippen LogP contribution in [0, 0.1) is 0 Å². The molecule has 0 bridgehead atoms. The van der Waals surface area contributed by atoms with Gasteiger partial charge in [0.25, 0.3) is 0 Å². The molecule has 0 radical (unpaired) electrons. The van der Waals surface area contributed by atoms with E-state index in [0.29, 0.717) is 6.42 Å². The van der Waals surface area contributed by atoms with Crippen LogP contribution in [0.15, 0.2) is 36.4 Å². The summed E-state index contributed by atoms with van der Waals surface area (Å²) in [4.78, 5) is 11.6. The number of ether oxygens (including phenoxy) is 1. The van der Waals surface area contributed by atoms with E-state index in [1.807, 2.05) is 36.4 Å². The fraction of sp³-hybridized carbons (Fsp3) is 0.471. The fourth-order valence-electron chi connectivity index (χ4n) is 2.58. The Balaban J connectivity index is 2.23. The lowest BCUT2D eigenvalue weighted by atomic mass is 10.1. The third-order valence-corrected chi connectivity index (χ3v) is 6.19. The summed E-state index contributed by atoms with van der Waals surface area (Å²) < 4.78 is 29.3. The predicted molar refractivity (Wildman–Crippen MR) is 89.2 cm³/mol.